The summed E-state index contributed by atoms with van der Waals surface area (Å²) >= 11 is 0. The molecule has 2 aliphatic heterocycles. The molecule has 0 saturated heterocycles. The van der Waals surface area contributed by atoms with E-state index in [0.29, 0.717) is 13.0 Å². The second-order valence-corrected chi connectivity index (χ2v) is 5.72. The molecule has 0 spiro atoms. The Morgan fingerprint density at radius 1 is 1.14 bits per heavy atom. The zero-order chi connectivity index (χ0) is 15.1. The Balaban J connectivity index is 1.84. The van der Waals surface area contributed by atoms with E-state index >= 15 is 0 Å². The molecular weight excluding hydrogens is 274 g/mol. The van der Waals surface area contributed by atoms with Gasteiger partial charge >= 0.3 is 0 Å². The maximum Gasteiger partial charge on any atom is 0.228 e. The highest BCUT2D eigenvalue weighted by Gasteiger charge is 2.33. The molecular formula is C19H17NO2. The first-order valence-electron chi connectivity index (χ1n) is 7.51. The van der Waals surface area contributed by atoms with Gasteiger partial charge in [0.05, 0.1) is 12.8 Å². The van der Waals surface area contributed by atoms with Crippen LogP contribution in [0.15, 0.2) is 48.5 Å². The van der Waals surface area contributed by atoms with Gasteiger partial charge in [-0.2, -0.15) is 0 Å². The molecule has 2 aromatic carbocycles. The number of carbonyl (C=O) groups excluding carboxylic acids is 1. The summed E-state index contributed by atoms with van der Waals surface area (Å²) in [6.45, 7) is 0.679. The van der Waals surface area contributed by atoms with Gasteiger partial charge in [0.1, 0.15) is 5.75 Å². The monoisotopic (exact) mass is 291 g/mol. The lowest BCUT2D eigenvalue weighted by molar-refractivity contribution is -0.119. The van der Waals surface area contributed by atoms with E-state index in [4.69, 9.17) is 4.74 Å². The van der Waals surface area contributed by atoms with E-state index in [9.17, 15) is 4.79 Å². The van der Waals surface area contributed by atoms with E-state index < -0.39 is 0 Å². The topological polar surface area (TPSA) is 29.5 Å². The Kier molecular flexibility index (Phi) is 3.00. The minimum atomic E-state index is 0.121. The van der Waals surface area contributed by atoms with Gasteiger partial charge in [-0.25, -0.2) is 0 Å². The second-order valence-electron chi connectivity index (χ2n) is 5.72. The fraction of sp³-hybridized carbons (Fsp3) is 0.211. The van der Waals surface area contributed by atoms with Gasteiger partial charge in [-0.3, -0.25) is 4.79 Å². The molecule has 110 valence electrons. The van der Waals surface area contributed by atoms with Crippen molar-refractivity contribution in [3.05, 3.63) is 65.2 Å². The minimum absolute atomic E-state index is 0.121. The molecule has 3 heteroatoms. The number of rotatable bonds is 2. The van der Waals surface area contributed by atoms with Crippen molar-refractivity contribution >= 4 is 17.7 Å². The van der Waals surface area contributed by atoms with E-state index in [2.05, 4.69) is 42.5 Å². The van der Waals surface area contributed by atoms with E-state index in [1.165, 1.54) is 5.56 Å². The lowest BCUT2D eigenvalue weighted by Crippen LogP contribution is -2.38. The second kappa shape index (κ2) is 5.02. The number of hydrogen-bond donors (Lipinski definition) is 0. The Hall–Kier alpha value is -2.55. The van der Waals surface area contributed by atoms with Gasteiger partial charge in [0.25, 0.3) is 0 Å². The van der Waals surface area contributed by atoms with Crippen LogP contribution >= 0.6 is 0 Å². The highest BCUT2D eigenvalue weighted by molar-refractivity contribution is 6.01. The first kappa shape index (κ1) is 13.1. The Labute approximate surface area is 129 Å². The van der Waals surface area contributed by atoms with Crippen LogP contribution < -0.4 is 9.64 Å². The van der Waals surface area contributed by atoms with Crippen LogP contribution in [0.5, 0.6) is 5.75 Å². The third-order valence-electron chi connectivity index (χ3n) is 4.53. The smallest absolute Gasteiger partial charge is 0.228 e. The van der Waals surface area contributed by atoms with Crippen LogP contribution in [-0.2, 0) is 4.79 Å². The van der Waals surface area contributed by atoms with Crippen molar-refractivity contribution < 1.29 is 9.53 Å². The first-order valence-corrected chi connectivity index (χ1v) is 7.51. The molecule has 1 atom stereocenters. The predicted molar refractivity (Wildman–Crippen MR) is 87.3 cm³/mol. The Bertz CT molecular complexity index is 762. The molecule has 0 bridgehead atoms. The van der Waals surface area contributed by atoms with Crippen molar-refractivity contribution in [1.82, 2.24) is 0 Å². The molecule has 0 saturated carbocycles. The Morgan fingerprint density at radius 3 is 2.73 bits per heavy atom. The van der Waals surface area contributed by atoms with Gasteiger partial charge in [-0.1, -0.05) is 42.5 Å². The lowest BCUT2D eigenvalue weighted by atomic mass is 9.82. The maximum atomic E-state index is 12.5. The van der Waals surface area contributed by atoms with Gasteiger partial charge in [0.15, 0.2) is 0 Å². The summed E-state index contributed by atoms with van der Waals surface area (Å²) in [7, 11) is 1.66. The van der Waals surface area contributed by atoms with Crippen LogP contribution in [0.3, 0.4) is 0 Å². The van der Waals surface area contributed by atoms with Crippen molar-refractivity contribution in [3.8, 4) is 5.75 Å². The molecule has 4 rings (SSSR count). The lowest BCUT2D eigenvalue weighted by Gasteiger charge is -2.36. The average molecular weight is 291 g/mol. The predicted octanol–water partition coefficient (Wildman–Crippen LogP) is 3.59. The first-order chi connectivity index (χ1) is 10.8. The van der Waals surface area contributed by atoms with Crippen LogP contribution in [0.1, 0.15) is 29.0 Å². The van der Waals surface area contributed by atoms with Crippen LogP contribution in [0, 0.1) is 0 Å². The number of hydrogen-bond acceptors (Lipinski definition) is 2. The van der Waals surface area contributed by atoms with Crippen LogP contribution in [0.2, 0.25) is 0 Å². The molecule has 1 amide bonds. The molecule has 0 N–H and O–H groups in total. The number of anilines is 1. The van der Waals surface area contributed by atoms with E-state index in [0.717, 1.165) is 22.6 Å². The summed E-state index contributed by atoms with van der Waals surface area (Å²) in [6.07, 6.45) is 4.69. The summed E-state index contributed by atoms with van der Waals surface area (Å²) in [5.74, 6) is 1.16. The maximum absolute atomic E-state index is 12.5. The minimum Gasteiger partial charge on any atom is -0.497 e. The number of nitrogens with zero attached hydrogens (tertiary/aromatic N) is 1. The SMILES string of the molecule is COc1ccc(C2CC(=O)N3CC=Cc4cccc2c43)cc1. The van der Waals surface area contributed by atoms with Crippen molar-refractivity contribution in [3.63, 3.8) is 0 Å². The molecule has 0 radical (unpaired) electrons. The number of benzene rings is 2. The Morgan fingerprint density at radius 2 is 1.95 bits per heavy atom. The standard InChI is InChI=1S/C19H17NO2/c1-22-15-9-7-13(8-10-15)17-12-18(21)20-11-3-5-14-4-2-6-16(17)19(14)20/h2-10,17H,11-12H2,1H3. The molecule has 0 fully saturated rings. The third-order valence-corrected chi connectivity index (χ3v) is 4.53. The summed E-state index contributed by atoms with van der Waals surface area (Å²) in [5, 5.41) is 0. The van der Waals surface area contributed by atoms with Gasteiger partial charge < -0.3 is 9.64 Å². The van der Waals surface area contributed by atoms with Gasteiger partial charge in [0, 0.05) is 18.9 Å². The van der Waals surface area contributed by atoms with Crippen molar-refractivity contribution in [1.29, 1.82) is 0 Å². The third kappa shape index (κ3) is 1.93. The van der Waals surface area contributed by atoms with Crippen molar-refractivity contribution in [2.24, 2.45) is 0 Å². The highest BCUT2D eigenvalue weighted by Crippen LogP contribution is 2.43. The van der Waals surface area contributed by atoms with E-state index in [1.54, 1.807) is 7.11 Å². The zero-order valence-electron chi connectivity index (χ0n) is 12.5. The van der Waals surface area contributed by atoms with Gasteiger partial charge in [-0.05, 0) is 28.8 Å². The zero-order valence-corrected chi connectivity index (χ0v) is 12.5. The molecule has 22 heavy (non-hydrogen) atoms. The summed E-state index contributed by atoms with van der Waals surface area (Å²) in [6, 6.07) is 14.3. The number of ether oxygens (including phenoxy) is 1. The summed E-state index contributed by atoms with van der Waals surface area (Å²) in [4.78, 5) is 14.5. The molecule has 2 heterocycles. The molecule has 0 aliphatic carbocycles. The highest BCUT2D eigenvalue weighted by atomic mass is 16.5. The average Bonchev–Trinajstić information content (AvgIpc) is 2.58. The number of carbonyl (C=O) groups is 1. The normalized spacial score (nSPS) is 19.0. The molecule has 0 aromatic heterocycles. The van der Waals surface area contributed by atoms with Crippen molar-refractivity contribution in [2.45, 2.75) is 12.3 Å². The van der Waals surface area contributed by atoms with E-state index in [1.807, 2.05) is 17.0 Å². The van der Waals surface area contributed by atoms with Gasteiger partial charge in [-0.15, -0.1) is 0 Å². The van der Waals surface area contributed by atoms with Gasteiger partial charge in [0.2, 0.25) is 5.91 Å². The molecule has 1 unspecified atom stereocenters. The number of para-hydroxylation sites is 1. The summed E-state index contributed by atoms with van der Waals surface area (Å²) < 4.78 is 5.23. The molecule has 3 nitrogen and oxygen atoms in total. The fourth-order valence-corrected chi connectivity index (χ4v) is 3.44. The summed E-state index contributed by atoms with van der Waals surface area (Å²) in [5.41, 5.74) is 4.63. The van der Waals surface area contributed by atoms with Crippen LogP contribution in [0.4, 0.5) is 5.69 Å². The van der Waals surface area contributed by atoms with Crippen molar-refractivity contribution in [2.75, 3.05) is 18.6 Å². The molecule has 2 aliphatic rings. The molecule has 2 aromatic rings. The largest absolute Gasteiger partial charge is 0.497 e. The van der Waals surface area contributed by atoms with Crippen LogP contribution in [-0.4, -0.2) is 19.6 Å². The number of methoxy groups -OCH3 is 1. The van der Waals surface area contributed by atoms with E-state index in [-0.39, 0.29) is 11.8 Å². The fourth-order valence-electron chi connectivity index (χ4n) is 3.44. The number of amides is 1. The van der Waals surface area contributed by atoms with Crippen LogP contribution in [0.25, 0.3) is 6.08 Å². The quantitative estimate of drug-likeness (QED) is 0.846.